The highest BCUT2D eigenvalue weighted by molar-refractivity contribution is 8.01. The van der Waals surface area contributed by atoms with Crippen LogP contribution in [-0.2, 0) is 4.74 Å². The third-order valence-corrected chi connectivity index (χ3v) is 7.09. The first-order valence-corrected chi connectivity index (χ1v) is 10.9. The molecule has 5 N–H and O–H groups in total. The van der Waals surface area contributed by atoms with Gasteiger partial charge in [-0.2, -0.15) is 5.11 Å². The Morgan fingerprint density at radius 3 is 2.48 bits per heavy atom. The minimum absolute atomic E-state index is 0.229. The molecule has 3 rings (SSSR count). The number of halogens is 4. The Morgan fingerprint density at radius 2 is 1.94 bits per heavy atom. The van der Waals surface area contributed by atoms with Gasteiger partial charge in [0.2, 0.25) is 0 Å². The van der Waals surface area contributed by atoms with Gasteiger partial charge in [0.15, 0.2) is 17.5 Å². The van der Waals surface area contributed by atoms with Gasteiger partial charge in [-0.15, -0.1) is 11.3 Å². The van der Waals surface area contributed by atoms with Crippen LogP contribution in [0.4, 0.5) is 13.2 Å². The number of thioether (sulfide) groups is 1. The van der Waals surface area contributed by atoms with Crippen molar-refractivity contribution in [2.24, 2.45) is 5.11 Å². The van der Waals surface area contributed by atoms with E-state index in [2.05, 4.69) is 10.4 Å². The molecule has 5 atom stereocenters. The lowest BCUT2D eigenvalue weighted by Gasteiger charge is -2.42. The Morgan fingerprint density at radius 1 is 1.26 bits per heavy atom. The lowest BCUT2D eigenvalue weighted by atomic mass is 9.97. The van der Waals surface area contributed by atoms with Gasteiger partial charge in [0.25, 0.3) is 0 Å². The maximum absolute atomic E-state index is 13.5. The van der Waals surface area contributed by atoms with Gasteiger partial charge in [0.1, 0.15) is 29.4 Å². The highest BCUT2D eigenvalue weighted by Gasteiger charge is 2.44. The topological polar surface area (TPSA) is 118 Å². The predicted molar refractivity (Wildman–Crippen MR) is 109 cm³/mol. The highest BCUT2D eigenvalue weighted by Crippen LogP contribution is 2.37. The van der Waals surface area contributed by atoms with Crippen LogP contribution in [0.15, 0.2) is 39.1 Å². The molecule has 1 aliphatic heterocycles. The zero-order valence-electron chi connectivity index (χ0n) is 15.5. The fourth-order valence-electron chi connectivity index (χ4n) is 2.91. The molecule has 0 spiro atoms. The van der Waals surface area contributed by atoms with E-state index in [4.69, 9.17) is 21.9 Å². The Hall–Kier alpha value is -1.67. The second kappa shape index (κ2) is 10.3. The molecule has 1 fully saturated rings. The molecule has 2 heterocycles. The van der Waals surface area contributed by atoms with E-state index in [1.54, 1.807) is 11.4 Å². The van der Waals surface area contributed by atoms with Crippen molar-refractivity contribution in [3.05, 3.63) is 57.8 Å². The van der Waals surface area contributed by atoms with Crippen LogP contribution in [0.25, 0.3) is 5.70 Å². The van der Waals surface area contributed by atoms with E-state index in [9.17, 15) is 28.5 Å². The molecule has 3 unspecified atom stereocenters. The van der Waals surface area contributed by atoms with Gasteiger partial charge in [0, 0.05) is 17.1 Å². The third-order valence-electron chi connectivity index (χ3n) is 4.47. The molecular formula is C18H17ClF3N3O4S2. The second-order valence-electron chi connectivity index (χ2n) is 6.50. The molecule has 1 saturated heterocycles. The zero-order chi connectivity index (χ0) is 22.7. The SMILES string of the molecule is N=N/C(=C\NC1C(O)[C@@H](Sc2cc(Cl)cs2)OC(CO)[C@@H]1O)c1cc(F)c(F)c(F)c1. The van der Waals surface area contributed by atoms with Crippen molar-refractivity contribution in [3.8, 4) is 0 Å². The average molecular weight is 496 g/mol. The quantitative estimate of drug-likeness (QED) is 0.297. The molecule has 7 nitrogen and oxygen atoms in total. The lowest BCUT2D eigenvalue weighted by molar-refractivity contribution is -0.164. The number of benzene rings is 1. The molecule has 0 bridgehead atoms. The van der Waals surface area contributed by atoms with Crippen molar-refractivity contribution in [2.75, 3.05) is 6.61 Å². The molecule has 1 aromatic carbocycles. The monoisotopic (exact) mass is 495 g/mol. The molecule has 2 aromatic rings. The summed E-state index contributed by atoms with van der Waals surface area (Å²) < 4.78 is 46.5. The van der Waals surface area contributed by atoms with Crippen molar-refractivity contribution in [3.63, 3.8) is 0 Å². The summed E-state index contributed by atoms with van der Waals surface area (Å²) in [6.45, 7) is -0.540. The molecule has 0 aliphatic carbocycles. The summed E-state index contributed by atoms with van der Waals surface area (Å²) in [5.74, 6) is -4.57. The highest BCUT2D eigenvalue weighted by atomic mass is 35.5. The molecule has 0 saturated carbocycles. The molecule has 13 heteroatoms. The lowest BCUT2D eigenvalue weighted by Crippen LogP contribution is -2.61. The number of aliphatic hydroxyl groups is 3. The number of thiophene rings is 1. The molecular weight excluding hydrogens is 479 g/mol. The van der Waals surface area contributed by atoms with Gasteiger partial charge in [-0.05, 0) is 18.2 Å². The number of nitrogens with one attached hydrogen (secondary N) is 2. The van der Waals surface area contributed by atoms with E-state index in [0.717, 1.165) is 22.2 Å². The van der Waals surface area contributed by atoms with Crippen LogP contribution in [0.3, 0.4) is 0 Å². The first kappa shape index (κ1) is 24.0. The molecule has 0 amide bonds. The summed E-state index contributed by atoms with van der Waals surface area (Å²) in [5, 5.41) is 38.7. The van der Waals surface area contributed by atoms with E-state index < -0.39 is 53.8 Å². The van der Waals surface area contributed by atoms with E-state index in [0.29, 0.717) is 17.2 Å². The van der Waals surface area contributed by atoms with Gasteiger partial charge in [-0.3, -0.25) is 0 Å². The summed E-state index contributed by atoms with van der Waals surface area (Å²) in [4.78, 5) is 0. The third kappa shape index (κ3) is 5.40. The maximum atomic E-state index is 13.5. The van der Waals surface area contributed by atoms with Crippen LogP contribution in [0.2, 0.25) is 5.02 Å². The second-order valence-corrected chi connectivity index (χ2v) is 9.24. The minimum Gasteiger partial charge on any atom is -0.394 e. The number of rotatable bonds is 7. The van der Waals surface area contributed by atoms with Crippen LogP contribution in [0, 0.1) is 23.0 Å². The van der Waals surface area contributed by atoms with Crippen molar-refractivity contribution in [1.29, 1.82) is 5.53 Å². The number of hydrogen-bond donors (Lipinski definition) is 5. The largest absolute Gasteiger partial charge is 0.394 e. The van der Waals surface area contributed by atoms with Gasteiger partial charge in [-0.1, -0.05) is 23.4 Å². The fraction of sp³-hybridized carbons (Fsp3) is 0.333. The summed E-state index contributed by atoms with van der Waals surface area (Å²) in [7, 11) is 0. The Labute approximate surface area is 188 Å². The summed E-state index contributed by atoms with van der Waals surface area (Å²) >= 11 is 8.36. The summed E-state index contributed by atoms with van der Waals surface area (Å²) in [6, 6.07) is 1.90. The van der Waals surface area contributed by atoms with Crippen molar-refractivity contribution >= 4 is 40.4 Å². The van der Waals surface area contributed by atoms with Crippen LogP contribution < -0.4 is 5.32 Å². The van der Waals surface area contributed by atoms with Crippen LogP contribution in [0.1, 0.15) is 5.56 Å². The number of hydrogen-bond acceptors (Lipinski definition) is 9. The standard InChI is InChI=1S/C18H17ClF3N3O4S2/c19-8-3-13(30-6-8)31-18-17(28)15(16(27)12(5-26)29-18)24-4-11(25-23)7-1-9(20)14(22)10(21)2-7/h1-4,6,12,15-18,23-24,26-28H,5H2/b11-4-,25-23?/t12?,15?,16-,17?,18+/m0/s1. The normalized spacial score (nSPS) is 26.7. The number of nitrogens with zero attached hydrogens (tertiary/aromatic N) is 1. The van der Waals surface area contributed by atoms with Crippen molar-refractivity contribution in [1.82, 2.24) is 5.32 Å². The Kier molecular flexibility index (Phi) is 7.97. The number of aliphatic hydroxyl groups excluding tert-OH is 3. The number of ether oxygens (including phenoxy) is 1. The van der Waals surface area contributed by atoms with E-state index >= 15 is 0 Å². The van der Waals surface area contributed by atoms with Crippen LogP contribution in [-0.4, -0.2) is 51.7 Å². The fourth-order valence-corrected chi connectivity index (χ4v) is 5.36. The van der Waals surface area contributed by atoms with Crippen LogP contribution >= 0.6 is 34.7 Å². The molecule has 168 valence electrons. The smallest absolute Gasteiger partial charge is 0.194 e. The van der Waals surface area contributed by atoms with E-state index in [1.807, 2.05) is 0 Å². The predicted octanol–water partition coefficient (Wildman–Crippen LogP) is 3.34. The van der Waals surface area contributed by atoms with Crippen LogP contribution in [0.5, 0.6) is 0 Å². The average Bonchev–Trinajstić information content (AvgIpc) is 3.15. The summed E-state index contributed by atoms with van der Waals surface area (Å²) in [6.07, 6.45) is -2.65. The first-order chi connectivity index (χ1) is 14.7. The van der Waals surface area contributed by atoms with E-state index in [1.165, 1.54) is 11.3 Å². The first-order valence-electron chi connectivity index (χ1n) is 8.77. The molecule has 1 aromatic heterocycles. The zero-order valence-corrected chi connectivity index (χ0v) is 17.9. The Bertz CT molecular complexity index is 957. The van der Waals surface area contributed by atoms with Gasteiger partial charge in [0.05, 0.1) is 21.9 Å². The molecule has 0 radical (unpaired) electrons. The Balaban J connectivity index is 1.83. The van der Waals surface area contributed by atoms with Gasteiger partial charge >= 0.3 is 0 Å². The molecule has 31 heavy (non-hydrogen) atoms. The van der Waals surface area contributed by atoms with Gasteiger partial charge < -0.3 is 25.4 Å². The summed E-state index contributed by atoms with van der Waals surface area (Å²) in [5.41, 5.74) is 5.85. The maximum Gasteiger partial charge on any atom is 0.194 e. The van der Waals surface area contributed by atoms with Gasteiger partial charge in [-0.25, -0.2) is 18.7 Å². The molecule has 1 aliphatic rings. The van der Waals surface area contributed by atoms with Crippen molar-refractivity contribution < 1.29 is 33.2 Å². The van der Waals surface area contributed by atoms with Crippen molar-refractivity contribution in [2.45, 2.75) is 34.0 Å². The minimum atomic E-state index is -1.66. The van der Waals surface area contributed by atoms with E-state index in [-0.39, 0.29) is 11.3 Å².